The topological polar surface area (TPSA) is 86.3 Å². The van der Waals surface area contributed by atoms with Gasteiger partial charge in [0.1, 0.15) is 0 Å². The second kappa shape index (κ2) is 8.68. The summed E-state index contributed by atoms with van der Waals surface area (Å²) in [5, 5.41) is 19.7. The van der Waals surface area contributed by atoms with Crippen molar-refractivity contribution in [2.45, 2.75) is 26.2 Å². The molecule has 1 aliphatic heterocycles. The standard InChI is InChI=1S/C22H23N3O4/c1-5-17-14(2)23-24-20(11-8-15-6-9-16(10-7-15)25(26)27)19-13-22(29-4)21(28-3)12-18(17)19/h6-13,17H,5H2,1-4H3. The molecule has 7 heteroatoms. The third-order valence-corrected chi connectivity index (χ3v) is 4.97. The first kappa shape index (κ1) is 20.3. The maximum Gasteiger partial charge on any atom is 0.269 e. The quantitative estimate of drug-likeness (QED) is 0.511. The summed E-state index contributed by atoms with van der Waals surface area (Å²) < 4.78 is 11.0. The van der Waals surface area contributed by atoms with E-state index in [9.17, 15) is 10.1 Å². The van der Waals surface area contributed by atoms with Gasteiger partial charge in [-0.3, -0.25) is 10.1 Å². The number of fused-ring (bicyclic) bond motifs is 1. The molecule has 0 aromatic heterocycles. The Labute approximate surface area is 169 Å². The van der Waals surface area contributed by atoms with E-state index in [2.05, 4.69) is 17.1 Å². The molecule has 1 atom stereocenters. The van der Waals surface area contributed by atoms with Crippen molar-refractivity contribution in [3.63, 3.8) is 0 Å². The van der Waals surface area contributed by atoms with Gasteiger partial charge in [0.25, 0.3) is 5.69 Å². The van der Waals surface area contributed by atoms with Gasteiger partial charge in [0.15, 0.2) is 11.5 Å². The van der Waals surface area contributed by atoms with Gasteiger partial charge in [-0.1, -0.05) is 13.0 Å². The Morgan fingerprint density at radius 3 is 2.31 bits per heavy atom. The SMILES string of the molecule is CCC1C(C)=NN=C(C=Cc2ccc([N+](=O)[O-])cc2)c2cc(OC)c(OC)cc21. The molecule has 0 amide bonds. The predicted molar refractivity (Wildman–Crippen MR) is 114 cm³/mol. The van der Waals surface area contributed by atoms with Gasteiger partial charge in [0, 0.05) is 29.3 Å². The van der Waals surface area contributed by atoms with Crippen LogP contribution in [0.15, 0.2) is 52.7 Å². The number of hydrogen-bond donors (Lipinski definition) is 0. The fourth-order valence-electron chi connectivity index (χ4n) is 3.41. The van der Waals surface area contributed by atoms with E-state index in [1.807, 2.05) is 31.2 Å². The first-order chi connectivity index (χ1) is 14.0. The summed E-state index contributed by atoms with van der Waals surface area (Å²) in [6.45, 7) is 4.09. The molecule has 0 spiro atoms. The second-order valence-electron chi connectivity index (χ2n) is 6.66. The van der Waals surface area contributed by atoms with Gasteiger partial charge in [-0.25, -0.2) is 0 Å². The number of nitro benzene ring substituents is 1. The highest BCUT2D eigenvalue weighted by Gasteiger charge is 2.24. The molecule has 0 saturated heterocycles. The van der Waals surface area contributed by atoms with E-state index in [1.54, 1.807) is 26.4 Å². The molecule has 1 aliphatic rings. The van der Waals surface area contributed by atoms with Crippen LogP contribution in [0, 0.1) is 10.1 Å². The number of rotatable bonds is 6. The lowest BCUT2D eigenvalue weighted by Crippen LogP contribution is -2.11. The van der Waals surface area contributed by atoms with E-state index in [-0.39, 0.29) is 11.6 Å². The summed E-state index contributed by atoms with van der Waals surface area (Å²) in [6, 6.07) is 10.3. The number of benzene rings is 2. The van der Waals surface area contributed by atoms with Crippen LogP contribution >= 0.6 is 0 Å². The zero-order chi connectivity index (χ0) is 21.0. The van der Waals surface area contributed by atoms with Crippen LogP contribution in [-0.2, 0) is 0 Å². The third kappa shape index (κ3) is 4.18. The first-order valence-corrected chi connectivity index (χ1v) is 9.29. The first-order valence-electron chi connectivity index (χ1n) is 9.29. The van der Waals surface area contributed by atoms with Crippen LogP contribution in [0.3, 0.4) is 0 Å². The number of nitro groups is 1. The lowest BCUT2D eigenvalue weighted by Gasteiger charge is -2.19. The fraction of sp³-hybridized carbons (Fsp3) is 0.273. The Bertz CT molecular complexity index is 1010. The van der Waals surface area contributed by atoms with Crippen LogP contribution in [0.5, 0.6) is 11.5 Å². The van der Waals surface area contributed by atoms with Gasteiger partial charge in [-0.15, -0.1) is 0 Å². The van der Waals surface area contributed by atoms with Crippen molar-refractivity contribution in [2.75, 3.05) is 14.2 Å². The number of ether oxygens (including phenoxy) is 2. The van der Waals surface area contributed by atoms with Crippen molar-refractivity contribution < 1.29 is 14.4 Å². The van der Waals surface area contributed by atoms with E-state index in [0.29, 0.717) is 17.2 Å². The van der Waals surface area contributed by atoms with Crippen molar-refractivity contribution in [2.24, 2.45) is 10.2 Å². The molecule has 150 valence electrons. The van der Waals surface area contributed by atoms with E-state index >= 15 is 0 Å². The molecule has 3 rings (SSSR count). The molecule has 1 unspecified atom stereocenters. The number of hydrogen-bond acceptors (Lipinski definition) is 6. The van der Waals surface area contributed by atoms with E-state index in [4.69, 9.17) is 9.47 Å². The summed E-state index contributed by atoms with van der Waals surface area (Å²) >= 11 is 0. The lowest BCUT2D eigenvalue weighted by atomic mass is 9.87. The minimum Gasteiger partial charge on any atom is -0.493 e. The minimum absolute atomic E-state index is 0.0575. The number of allylic oxidation sites excluding steroid dienone is 1. The maximum absolute atomic E-state index is 10.8. The molecule has 0 aliphatic carbocycles. The molecule has 0 N–H and O–H groups in total. The van der Waals surface area contributed by atoms with Crippen LogP contribution in [0.1, 0.15) is 42.9 Å². The van der Waals surface area contributed by atoms with E-state index in [1.165, 1.54) is 12.1 Å². The average molecular weight is 393 g/mol. The molecule has 0 bridgehead atoms. The largest absolute Gasteiger partial charge is 0.493 e. The summed E-state index contributed by atoms with van der Waals surface area (Å²) in [6.07, 6.45) is 4.60. The fourth-order valence-corrected chi connectivity index (χ4v) is 3.41. The van der Waals surface area contributed by atoms with Gasteiger partial charge < -0.3 is 9.47 Å². The Kier molecular flexibility index (Phi) is 6.07. The van der Waals surface area contributed by atoms with Gasteiger partial charge in [-0.2, -0.15) is 10.2 Å². The summed E-state index contributed by atoms with van der Waals surface area (Å²) in [7, 11) is 3.22. The Hall–Kier alpha value is -3.48. The zero-order valence-electron chi connectivity index (χ0n) is 16.9. The number of non-ortho nitro benzene ring substituents is 1. The smallest absolute Gasteiger partial charge is 0.269 e. The van der Waals surface area contributed by atoms with Crippen LogP contribution in [0.25, 0.3) is 6.08 Å². The van der Waals surface area contributed by atoms with Gasteiger partial charge in [0.05, 0.1) is 24.9 Å². The van der Waals surface area contributed by atoms with Gasteiger partial charge in [-0.05, 0) is 54.8 Å². The zero-order valence-corrected chi connectivity index (χ0v) is 16.9. The molecule has 0 saturated carbocycles. The Morgan fingerprint density at radius 2 is 1.72 bits per heavy atom. The van der Waals surface area contributed by atoms with Crippen LogP contribution in [0.2, 0.25) is 0 Å². The normalized spacial score (nSPS) is 15.9. The molecular formula is C22H23N3O4. The minimum atomic E-state index is -0.416. The highest BCUT2D eigenvalue weighted by molar-refractivity contribution is 6.14. The molecule has 29 heavy (non-hydrogen) atoms. The van der Waals surface area contributed by atoms with E-state index in [0.717, 1.165) is 28.8 Å². The Balaban J connectivity index is 2.06. The van der Waals surface area contributed by atoms with Crippen molar-refractivity contribution in [3.8, 4) is 11.5 Å². The van der Waals surface area contributed by atoms with Crippen LogP contribution in [-0.4, -0.2) is 30.6 Å². The van der Waals surface area contributed by atoms with Crippen molar-refractivity contribution >= 4 is 23.2 Å². The van der Waals surface area contributed by atoms with Crippen LogP contribution in [0.4, 0.5) is 5.69 Å². The lowest BCUT2D eigenvalue weighted by molar-refractivity contribution is -0.384. The average Bonchev–Trinajstić information content (AvgIpc) is 2.86. The van der Waals surface area contributed by atoms with Crippen molar-refractivity contribution in [1.29, 1.82) is 0 Å². The molecule has 7 nitrogen and oxygen atoms in total. The third-order valence-electron chi connectivity index (χ3n) is 4.97. The van der Waals surface area contributed by atoms with Crippen molar-refractivity contribution in [3.05, 3.63) is 69.3 Å². The number of methoxy groups -OCH3 is 2. The predicted octanol–water partition coefficient (Wildman–Crippen LogP) is 5.00. The second-order valence-corrected chi connectivity index (χ2v) is 6.66. The molecule has 2 aromatic rings. The molecule has 2 aromatic carbocycles. The highest BCUT2D eigenvalue weighted by Crippen LogP contribution is 2.37. The molecule has 0 radical (unpaired) electrons. The molecule has 1 heterocycles. The number of nitrogens with zero attached hydrogens (tertiary/aromatic N) is 3. The summed E-state index contributed by atoms with van der Waals surface area (Å²) in [5.41, 5.74) is 4.51. The monoisotopic (exact) mass is 393 g/mol. The summed E-state index contributed by atoms with van der Waals surface area (Å²) in [4.78, 5) is 10.4. The highest BCUT2D eigenvalue weighted by atomic mass is 16.6. The van der Waals surface area contributed by atoms with Crippen LogP contribution < -0.4 is 9.47 Å². The molecular weight excluding hydrogens is 370 g/mol. The van der Waals surface area contributed by atoms with Gasteiger partial charge in [0.2, 0.25) is 0 Å². The van der Waals surface area contributed by atoms with Crippen molar-refractivity contribution in [1.82, 2.24) is 0 Å². The van der Waals surface area contributed by atoms with E-state index < -0.39 is 4.92 Å². The maximum atomic E-state index is 10.8. The molecule has 0 fully saturated rings. The Morgan fingerprint density at radius 1 is 1.07 bits per heavy atom. The van der Waals surface area contributed by atoms with Gasteiger partial charge >= 0.3 is 0 Å². The summed E-state index contributed by atoms with van der Waals surface area (Å²) in [5.74, 6) is 1.41.